The number of benzene rings is 2. The summed E-state index contributed by atoms with van der Waals surface area (Å²) in [5.74, 6) is 0.934. The van der Waals surface area contributed by atoms with Crippen molar-refractivity contribution in [2.45, 2.75) is 20.0 Å². The molecule has 4 nitrogen and oxygen atoms in total. The topological polar surface area (TPSA) is 47.6 Å². The predicted molar refractivity (Wildman–Crippen MR) is 87.8 cm³/mol. The van der Waals surface area contributed by atoms with Crippen LogP contribution in [0.2, 0.25) is 5.02 Å². The van der Waals surface area contributed by atoms with Gasteiger partial charge in [-0.05, 0) is 38.1 Å². The lowest BCUT2D eigenvalue weighted by molar-refractivity contribution is -0.122. The standard InChI is InChI=1S/C17H18ClNO3/c1-3-21-14-8-6-7-13(11-14)19-17(20)12(2)22-16-10-5-4-9-15(16)18/h4-12H,3H2,1-2H3,(H,19,20)/t12-/m0/s1. The lowest BCUT2D eigenvalue weighted by Crippen LogP contribution is -2.30. The summed E-state index contributed by atoms with van der Waals surface area (Å²) in [4.78, 5) is 12.2. The molecule has 0 saturated carbocycles. The van der Waals surface area contributed by atoms with Crippen LogP contribution in [-0.2, 0) is 4.79 Å². The van der Waals surface area contributed by atoms with E-state index in [0.29, 0.717) is 28.8 Å². The Morgan fingerprint density at radius 1 is 1.23 bits per heavy atom. The van der Waals surface area contributed by atoms with E-state index in [1.54, 1.807) is 43.3 Å². The number of rotatable bonds is 6. The number of carbonyl (C=O) groups excluding carboxylic acids is 1. The third kappa shape index (κ3) is 4.40. The monoisotopic (exact) mass is 319 g/mol. The molecule has 2 aromatic rings. The summed E-state index contributed by atoms with van der Waals surface area (Å²) in [6, 6.07) is 14.3. The van der Waals surface area contributed by atoms with Gasteiger partial charge >= 0.3 is 0 Å². The average molecular weight is 320 g/mol. The lowest BCUT2D eigenvalue weighted by atomic mass is 10.2. The highest BCUT2D eigenvalue weighted by atomic mass is 35.5. The van der Waals surface area contributed by atoms with Gasteiger partial charge in [0.2, 0.25) is 0 Å². The molecule has 0 aromatic heterocycles. The fourth-order valence-electron chi connectivity index (χ4n) is 1.86. The van der Waals surface area contributed by atoms with Crippen molar-refractivity contribution in [1.82, 2.24) is 0 Å². The molecular formula is C17H18ClNO3. The number of halogens is 1. The molecule has 5 heteroatoms. The molecule has 0 spiro atoms. The molecule has 2 rings (SSSR count). The molecule has 0 fully saturated rings. The van der Waals surface area contributed by atoms with Crippen molar-refractivity contribution in [3.63, 3.8) is 0 Å². The molecule has 0 aliphatic rings. The van der Waals surface area contributed by atoms with Gasteiger partial charge in [-0.2, -0.15) is 0 Å². The number of anilines is 1. The highest BCUT2D eigenvalue weighted by molar-refractivity contribution is 6.32. The first-order valence-corrected chi connectivity index (χ1v) is 7.43. The number of ether oxygens (including phenoxy) is 2. The van der Waals surface area contributed by atoms with Crippen molar-refractivity contribution >= 4 is 23.2 Å². The summed E-state index contributed by atoms with van der Waals surface area (Å²) in [6.07, 6.45) is -0.671. The van der Waals surface area contributed by atoms with Crippen LogP contribution >= 0.6 is 11.6 Å². The minimum atomic E-state index is -0.671. The van der Waals surface area contributed by atoms with Crippen LogP contribution in [0.4, 0.5) is 5.69 Å². The van der Waals surface area contributed by atoms with Crippen LogP contribution in [0.3, 0.4) is 0 Å². The Bertz CT molecular complexity index is 645. The number of hydrogen-bond acceptors (Lipinski definition) is 3. The van der Waals surface area contributed by atoms with E-state index < -0.39 is 6.10 Å². The number of para-hydroxylation sites is 1. The van der Waals surface area contributed by atoms with Gasteiger partial charge in [-0.25, -0.2) is 0 Å². The summed E-state index contributed by atoms with van der Waals surface area (Å²) < 4.78 is 11.0. The van der Waals surface area contributed by atoms with Gasteiger partial charge in [-0.15, -0.1) is 0 Å². The van der Waals surface area contributed by atoms with Crippen LogP contribution in [0, 0.1) is 0 Å². The highest BCUT2D eigenvalue weighted by Crippen LogP contribution is 2.24. The Morgan fingerprint density at radius 3 is 2.73 bits per heavy atom. The Kier molecular flexibility index (Phi) is 5.67. The van der Waals surface area contributed by atoms with E-state index in [9.17, 15) is 4.79 Å². The third-order valence-corrected chi connectivity index (χ3v) is 3.23. The summed E-state index contributed by atoms with van der Waals surface area (Å²) in [6.45, 7) is 4.15. The second-order valence-electron chi connectivity index (χ2n) is 4.64. The first-order chi connectivity index (χ1) is 10.6. The van der Waals surface area contributed by atoms with Crippen LogP contribution in [0.15, 0.2) is 48.5 Å². The molecule has 0 unspecified atom stereocenters. The zero-order valence-electron chi connectivity index (χ0n) is 12.5. The first kappa shape index (κ1) is 16.2. The Hall–Kier alpha value is -2.20. The van der Waals surface area contributed by atoms with Crippen LogP contribution < -0.4 is 14.8 Å². The van der Waals surface area contributed by atoms with Crippen molar-refractivity contribution in [3.8, 4) is 11.5 Å². The molecular weight excluding hydrogens is 302 g/mol. The number of amides is 1. The molecule has 1 N–H and O–H groups in total. The van der Waals surface area contributed by atoms with E-state index in [2.05, 4.69) is 5.32 Å². The number of nitrogens with one attached hydrogen (secondary N) is 1. The number of hydrogen-bond donors (Lipinski definition) is 1. The zero-order chi connectivity index (χ0) is 15.9. The maximum absolute atomic E-state index is 12.2. The van der Waals surface area contributed by atoms with Crippen molar-refractivity contribution in [2.24, 2.45) is 0 Å². The van der Waals surface area contributed by atoms with E-state index in [-0.39, 0.29) is 5.91 Å². The van der Waals surface area contributed by atoms with Crippen molar-refractivity contribution < 1.29 is 14.3 Å². The maximum Gasteiger partial charge on any atom is 0.265 e. The summed E-state index contributed by atoms with van der Waals surface area (Å²) in [5, 5.41) is 3.27. The average Bonchev–Trinajstić information content (AvgIpc) is 2.50. The molecule has 22 heavy (non-hydrogen) atoms. The third-order valence-electron chi connectivity index (χ3n) is 2.92. The van der Waals surface area contributed by atoms with Crippen molar-refractivity contribution in [2.75, 3.05) is 11.9 Å². The molecule has 0 aliphatic carbocycles. The van der Waals surface area contributed by atoms with Crippen molar-refractivity contribution in [3.05, 3.63) is 53.6 Å². The van der Waals surface area contributed by atoms with Gasteiger partial charge in [0.25, 0.3) is 5.91 Å². The Labute approximate surface area is 135 Å². The van der Waals surface area contributed by atoms with Crippen LogP contribution in [0.25, 0.3) is 0 Å². The minimum absolute atomic E-state index is 0.256. The van der Waals surface area contributed by atoms with Gasteiger partial charge < -0.3 is 14.8 Å². The molecule has 0 saturated heterocycles. The van der Waals surface area contributed by atoms with E-state index >= 15 is 0 Å². The first-order valence-electron chi connectivity index (χ1n) is 7.05. The lowest BCUT2D eigenvalue weighted by Gasteiger charge is -2.16. The smallest absolute Gasteiger partial charge is 0.265 e. The molecule has 0 aliphatic heterocycles. The quantitative estimate of drug-likeness (QED) is 0.870. The van der Waals surface area contributed by atoms with Gasteiger partial charge in [0.05, 0.1) is 11.6 Å². The summed E-state index contributed by atoms with van der Waals surface area (Å²) in [5.41, 5.74) is 0.658. The van der Waals surface area contributed by atoms with Gasteiger partial charge in [0.15, 0.2) is 6.10 Å². The second kappa shape index (κ2) is 7.71. The molecule has 2 aromatic carbocycles. The highest BCUT2D eigenvalue weighted by Gasteiger charge is 2.16. The second-order valence-corrected chi connectivity index (χ2v) is 5.05. The molecule has 0 radical (unpaired) electrons. The van der Waals surface area contributed by atoms with E-state index in [0.717, 1.165) is 0 Å². The fraction of sp³-hybridized carbons (Fsp3) is 0.235. The molecule has 116 valence electrons. The van der Waals surface area contributed by atoms with Gasteiger partial charge in [0, 0.05) is 11.8 Å². The molecule has 1 atom stereocenters. The fourth-order valence-corrected chi connectivity index (χ4v) is 2.04. The van der Waals surface area contributed by atoms with Gasteiger partial charge in [0.1, 0.15) is 11.5 Å². The Morgan fingerprint density at radius 2 is 2.00 bits per heavy atom. The maximum atomic E-state index is 12.2. The summed E-state index contributed by atoms with van der Waals surface area (Å²) in [7, 11) is 0. The van der Waals surface area contributed by atoms with E-state index in [1.807, 2.05) is 19.1 Å². The van der Waals surface area contributed by atoms with Crippen LogP contribution in [0.1, 0.15) is 13.8 Å². The van der Waals surface area contributed by atoms with Crippen LogP contribution in [-0.4, -0.2) is 18.6 Å². The molecule has 0 heterocycles. The largest absolute Gasteiger partial charge is 0.494 e. The van der Waals surface area contributed by atoms with Gasteiger partial charge in [-0.1, -0.05) is 29.8 Å². The Balaban J connectivity index is 1.99. The van der Waals surface area contributed by atoms with Gasteiger partial charge in [-0.3, -0.25) is 4.79 Å². The van der Waals surface area contributed by atoms with Crippen LogP contribution in [0.5, 0.6) is 11.5 Å². The molecule has 0 bridgehead atoms. The predicted octanol–water partition coefficient (Wildman–Crippen LogP) is 4.14. The van der Waals surface area contributed by atoms with E-state index in [1.165, 1.54) is 0 Å². The van der Waals surface area contributed by atoms with E-state index in [4.69, 9.17) is 21.1 Å². The summed E-state index contributed by atoms with van der Waals surface area (Å²) >= 11 is 6.02. The molecule has 1 amide bonds. The normalized spacial score (nSPS) is 11.6. The van der Waals surface area contributed by atoms with Crippen molar-refractivity contribution in [1.29, 1.82) is 0 Å². The SMILES string of the molecule is CCOc1cccc(NC(=O)[C@H](C)Oc2ccccc2Cl)c1. The zero-order valence-corrected chi connectivity index (χ0v) is 13.3. The minimum Gasteiger partial charge on any atom is -0.494 e. The number of carbonyl (C=O) groups is 1.